The Morgan fingerprint density at radius 3 is 1.26 bits per heavy atom. The lowest BCUT2D eigenvalue weighted by Crippen LogP contribution is -2.55. The van der Waals surface area contributed by atoms with Crippen molar-refractivity contribution in [1.29, 1.82) is 0 Å². The third kappa shape index (κ3) is 46.2. The maximum absolute atomic E-state index is 12.8. The molecule has 382 valence electrons. The molecule has 0 saturated carbocycles. The Balaban J connectivity index is 4.22. The van der Waals surface area contributed by atoms with E-state index in [1.807, 2.05) is 0 Å². The van der Waals surface area contributed by atoms with Gasteiger partial charge in [-0.3, -0.25) is 9.59 Å². The highest BCUT2D eigenvalue weighted by atomic mass is 16.6. The number of carbonyl (C=O) groups is 3. The number of likely N-dealkylation sites (N-methyl/N-ethyl adjacent to an activating group) is 1. The van der Waals surface area contributed by atoms with Gasteiger partial charge in [-0.2, -0.15) is 0 Å². The minimum Gasteiger partial charge on any atom is -0.544 e. The van der Waals surface area contributed by atoms with Gasteiger partial charge in [0, 0.05) is 19.3 Å². The molecule has 0 rings (SSSR count). The van der Waals surface area contributed by atoms with Crippen LogP contribution in [0.25, 0.3) is 0 Å². The highest BCUT2D eigenvalue weighted by molar-refractivity contribution is 5.70. The predicted molar refractivity (Wildman–Crippen MR) is 277 cm³/mol. The van der Waals surface area contributed by atoms with Gasteiger partial charge in [-0.1, -0.05) is 222 Å². The molecular formula is C58H103NO7. The molecule has 0 aliphatic carbocycles. The zero-order valence-corrected chi connectivity index (χ0v) is 43.6. The van der Waals surface area contributed by atoms with E-state index in [0.717, 1.165) is 70.6 Å². The smallest absolute Gasteiger partial charge is 0.306 e. The van der Waals surface area contributed by atoms with Crippen LogP contribution in [0.2, 0.25) is 0 Å². The van der Waals surface area contributed by atoms with Crippen LogP contribution in [-0.2, 0) is 28.6 Å². The molecular weight excluding hydrogens is 823 g/mol. The van der Waals surface area contributed by atoms with Crippen LogP contribution in [0, 0.1) is 0 Å². The summed E-state index contributed by atoms with van der Waals surface area (Å²) >= 11 is 0. The highest BCUT2D eigenvalue weighted by Gasteiger charge is 2.25. The zero-order valence-electron chi connectivity index (χ0n) is 43.6. The van der Waals surface area contributed by atoms with Crippen molar-refractivity contribution in [2.45, 2.75) is 251 Å². The minimum atomic E-state index is -1.13. The average molecular weight is 926 g/mol. The zero-order chi connectivity index (χ0) is 48.4. The molecule has 0 heterocycles. The number of ether oxygens (including phenoxy) is 3. The highest BCUT2D eigenvalue weighted by Crippen LogP contribution is 2.16. The first-order valence-electron chi connectivity index (χ1n) is 27.3. The van der Waals surface area contributed by atoms with Gasteiger partial charge in [-0.15, -0.1) is 0 Å². The largest absolute Gasteiger partial charge is 0.544 e. The van der Waals surface area contributed by atoms with Crippen molar-refractivity contribution in [2.24, 2.45) is 0 Å². The molecule has 0 aromatic carbocycles. The third-order valence-corrected chi connectivity index (χ3v) is 12.2. The lowest BCUT2D eigenvalue weighted by Gasteiger charge is -2.34. The van der Waals surface area contributed by atoms with E-state index in [2.05, 4.69) is 74.6 Å². The summed E-state index contributed by atoms with van der Waals surface area (Å²) in [6, 6.07) is -0.734. The third-order valence-electron chi connectivity index (χ3n) is 12.2. The number of carboxylic acid groups (broad SMARTS) is 1. The van der Waals surface area contributed by atoms with Gasteiger partial charge in [0.1, 0.15) is 12.6 Å². The fourth-order valence-corrected chi connectivity index (χ4v) is 7.98. The molecule has 0 aromatic heterocycles. The molecule has 2 unspecified atom stereocenters. The van der Waals surface area contributed by atoms with Gasteiger partial charge in [-0.25, -0.2) is 0 Å². The minimum absolute atomic E-state index is 0.0272. The van der Waals surface area contributed by atoms with Crippen molar-refractivity contribution in [3.63, 3.8) is 0 Å². The maximum atomic E-state index is 12.8. The van der Waals surface area contributed by atoms with Crippen molar-refractivity contribution in [3.05, 3.63) is 60.8 Å². The maximum Gasteiger partial charge on any atom is 0.306 e. The van der Waals surface area contributed by atoms with E-state index in [4.69, 9.17) is 14.2 Å². The van der Waals surface area contributed by atoms with E-state index >= 15 is 0 Å². The quantitative estimate of drug-likeness (QED) is 0.0259. The summed E-state index contributed by atoms with van der Waals surface area (Å²) in [6.07, 6.45) is 61.2. The van der Waals surface area contributed by atoms with Crippen LogP contribution in [0.3, 0.4) is 0 Å². The molecule has 0 spiro atoms. The van der Waals surface area contributed by atoms with Crippen LogP contribution < -0.4 is 5.11 Å². The first-order chi connectivity index (χ1) is 32.1. The molecule has 0 aromatic rings. The van der Waals surface area contributed by atoms with Crippen LogP contribution in [0.15, 0.2) is 60.8 Å². The molecule has 0 radical (unpaired) electrons. The number of aliphatic carboxylic acids is 1. The van der Waals surface area contributed by atoms with Crippen LogP contribution >= 0.6 is 0 Å². The second-order valence-corrected chi connectivity index (χ2v) is 19.4. The number of nitrogens with zero attached hydrogens (tertiary/aromatic N) is 1. The Morgan fingerprint density at radius 2 is 0.848 bits per heavy atom. The van der Waals surface area contributed by atoms with Crippen molar-refractivity contribution in [1.82, 2.24) is 0 Å². The summed E-state index contributed by atoms with van der Waals surface area (Å²) in [6.45, 7) is 4.54. The number of esters is 2. The SMILES string of the molecule is CC/C=C\C/C=C\C/C=C\C/C=C\C/C=C\CCCCCC(=O)OC(COCCC(C(=O)[O-])[N+](C)(C)C)COC(=O)CCCCCCCCCCCCCCCCCCCCCCCCC. The molecule has 0 bridgehead atoms. The molecule has 8 nitrogen and oxygen atoms in total. The number of allylic oxidation sites excluding steroid dienone is 10. The van der Waals surface area contributed by atoms with Crippen LogP contribution in [0.4, 0.5) is 0 Å². The number of hydrogen-bond acceptors (Lipinski definition) is 7. The van der Waals surface area contributed by atoms with E-state index in [9.17, 15) is 19.5 Å². The summed E-state index contributed by atoms with van der Waals surface area (Å²) < 4.78 is 17.2. The van der Waals surface area contributed by atoms with Gasteiger partial charge in [0.2, 0.25) is 0 Å². The molecule has 8 heteroatoms. The summed E-state index contributed by atoms with van der Waals surface area (Å²) in [7, 11) is 5.41. The number of carbonyl (C=O) groups excluding carboxylic acids is 3. The lowest BCUT2D eigenvalue weighted by atomic mass is 10.0. The normalized spacial score (nSPS) is 13.3. The molecule has 0 amide bonds. The van der Waals surface area contributed by atoms with Crippen molar-refractivity contribution < 1.29 is 38.2 Å². The van der Waals surface area contributed by atoms with E-state index in [-0.39, 0.29) is 49.1 Å². The summed E-state index contributed by atoms with van der Waals surface area (Å²) in [5, 5.41) is 11.7. The van der Waals surface area contributed by atoms with E-state index in [0.29, 0.717) is 12.8 Å². The molecule has 0 aliphatic rings. The Labute approximate surface area is 407 Å². The Bertz CT molecular complexity index is 1260. The van der Waals surface area contributed by atoms with Gasteiger partial charge in [-0.05, 0) is 57.8 Å². The van der Waals surface area contributed by atoms with Crippen molar-refractivity contribution in [3.8, 4) is 0 Å². The average Bonchev–Trinajstić information content (AvgIpc) is 3.28. The van der Waals surface area contributed by atoms with E-state index < -0.39 is 18.1 Å². The molecule has 0 fully saturated rings. The molecule has 66 heavy (non-hydrogen) atoms. The van der Waals surface area contributed by atoms with E-state index in [1.54, 1.807) is 21.1 Å². The second kappa shape index (κ2) is 48.5. The van der Waals surface area contributed by atoms with E-state index in [1.165, 1.54) is 128 Å². The topological polar surface area (TPSA) is 102 Å². The number of carboxylic acids is 1. The lowest BCUT2D eigenvalue weighted by molar-refractivity contribution is -0.889. The van der Waals surface area contributed by atoms with Crippen LogP contribution in [-0.4, -0.2) is 75.5 Å². The van der Waals surface area contributed by atoms with Crippen LogP contribution in [0.1, 0.15) is 239 Å². The summed E-state index contributed by atoms with van der Waals surface area (Å²) in [5.41, 5.74) is 0. The van der Waals surface area contributed by atoms with Gasteiger partial charge in [0.25, 0.3) is 0 Å². The van der Waals surface area contributed by atoms with Crippen molar-refractivity contribution in [2.75, 3.05) is 41.0 Å². The second-order valence-electron chi connectivity index (χ2n) is 19.4. The van der Waals surface area contributed by atoms with Crippen LogP contribution in [0.5, 0.6) is 0 Å². The monoisotopic (exact) mass is 926 g/mol. The number of unbranched alkanes of at least 4 members (excludes halogenated alkanes) is 25. The fraction of sp³-hybridized carbons (Fsp3) is 0.776. The predicted octanol–water partition coefficient (Wildman–Crippen LogP) is 14.8. The van der Waals surface area contributed by atoms with Gasteiger partial charge < -0.3 is 28.6 Å². The number of hydrogen-bond donors (Lipinski definition) is 0. The summed E-state index contributed by atoms with van der Waals surface area (Å²) in [4.78, 5) is 37.1. The first-order valence-corrected chi connectivity index (χ1v) is 27.3. The van der Waals surface area contributed by atoms with Gasteiger partial charge >= 0.3 is 11.9 Å². The van der Waals surface area contributed by atoms with Gasteiger partial charge in [0.05, 0.1) is 40.3 Å². The molecule has 0 aliphatic heterocycles. The fourth-order valence-electron chi connectivity index (χ4n) is 7.98. The van der Waals surface area contributed by atoms with Gasteiger partial charge in [0.15, 0.2) is 6.10 Å². The molecule has 0 N–H and O–H groups in total. The number of quaternary nitrogens is 1. The Morgan fingerprint density at radius 1 is 0.470 bits per heavy atom. The molecule has 2 atom stereocenters. The standard InChI is InChI=1S/C58H103NO7/c1-6-8-10-12-14-16-18-20-22-24-26-27-28-29-31-32-34-36-38-40-42-44-46-48-56(60)65-53-54(52-64-51-50-55(58(62)63)59(3,4)5)66-57(61)49-47-45-43-41-39-37-35-33-30-25-23-21-19-17-15-13-11-9-7-2/h9,11,15,17,21,23,30,33,37,39,54-55H,6-8,10,12-14,16,18-20,22,24-29,31-32,34-36,38,40-53H2,1-5H3/b11-9-,17-15-,23-21-,33-30-,39-37-. The summed E-state index contributed by atoms with van der Waals surface area (Å²) in [5.74, 6) is -1.77. The van der Waals surface area contributed by atoms with Crippen molar-refractivity contribution >= 4 is 17.9 Å². The Hall–Kier alpha value is -2.97. The molecule has 0 saturated heterocycles. The first kappa shape index (κ1) is 63.0. The Kier molecular flexibility index (Phi) is 46.3. The number of rotatable bonds is 49.